The molecule has 80 valence electrons. The molecular formula is CH7N3O9. The maximum absolute atomic E-state index is 4.32. The van der Waals surface area contributed by atoms with Gasteiger partial charge in [0.2, 0.25) is 0 Å². The molecule has 0 atom stereocenters. The lowest BCUT2D eigenvalue weighted by Crippen LogP contribution is -2.19. The fraction of sp³-hybridized carbons (Fsp3) is 1.00. The number of nitrogens with two attached hydrogens (primary N) is 1. The summed E-state index contributed by atoms with van der Waals surface area (Å²) < 4.78 is 0. The van der Waals surface area contributed by atoms with Crippen molar-refractivity contribution >= 4 is 0 Å². The van der Waals surface area contributed by atoms with Crippen molar-refractivity contribution in [2.24, 2.45) is 5.90 Å². The van der Waals surface area contributed by atoms with Crippen LogP contribution in [0.2, 0.25) is 0 Å². The molecule has 0 saturated heterocycles. The Morgan fingerprint density at radius 2 is 1.54 bits per heavy atom. The Balaban J connectivity index is 2.76. The topological polar surface area (TPSA) is 133 Å². The van der Waals surface area contributed by atoms with Gasteiger partial charge >= 0.3 is 0 Å². The van der Waals surface area contributed by atoms with E-state index in [1.807, 2.05) is 0 Å². The van der Waals surface area contributed by atoms with Crippen LogP contribution < -0.4 is 17.0 Å². The number of hydroxylamine groups is 1. The molecule has 0 radical (unpaired) electrons. The molecule has 0 amide bonds. The summed E-state index contributed by atoms with van der Waals surface area (Å²) in [6, 6.07) is 0. The van der Waals surface area contributed by atoms with E-state index in [0.29, 0.717) is 0 Å². The average molecular weight is 205 g/mol. The van der Waals surface area contributed by atoms with Gasteiger partial charge in [0, 0.05) is 7.05 Å². The fourth-order valence-electron chi connectivity index (χ4n) is 0.145. The van der Waals surface area contributed by atoms with Crippen molar-refractivity contribution < 1.29 is 45.1 Å². The summed E-state index contributed by atoms with van der Waals surface area (Å²) in [6.45, 7) is 0. The SMILES string of the molecule is CNOOONOOOOOON. The van der Waals surface area contributed by atoms with Crippen molar-refractivity contribution in [3.05, 3.63) is 0 Å². The summed E-state index contributed by atoms with van der Waals surface area (Å²) in [7, 11) is 1.42. The summed E-state index contributed by atoms with van der Waals surface area (Å²) in [5, 5.41) is 18.1. The lowest BCUT2D eigenvalue weighted by atomic mass is 11.6. The summed E-state index contributed by atoms with van der Waals surface area (Å²) >= 11 is 0. The maximum atomic E-state index is 4.32. The molecule has 0 unspecified atom stereocenters. The van der Waals surface area contributed by atoms with Crippen LogP contribution in [0.5, 0.6) is 0 Å². The first-order valence-corrected chi connectivity index (χ1v) is 2.51. The van der Waals surface area contributed by atoms with E-state index in [1.54, 1.807) is 5.64 Å². The second-order valence-electron chi connectivity index (χ2n) is 0.974. The van der Waals surface area contributed by atoms with Crippen molar-refractivity contribution in [3.8, 4) is 0 Å². The molecule has 0 aromatic rings. The third-order valence-corrected chi connectivity index (χ3v) is 0.376. The molecule has 0 aliphatic rings. The smallest absolute Gasteiger partial charge is 0.0127 e. The van der Waals surface area contributed by atoms with Crippen molar-refractivity contribution in [1.29, 1.82) is 0 Å². The highest BCUT2D eigenvalue weighted by Gasteiger charge is 1.92. The molecule has 0 bridgehead atoms. The third kappa shape index (κ3) is 11.5. The highest BCUT2D eigenvalue weighted by molar-refractivity contribution is 3.70. The molecular weight excluding hydrogens is 198 g/mol. The number of hydrogen-bond donors (Lipinski definition) is 3. The van der Waals surface area contributed by atoms with Crippen LogP contribution in [0.4, 0.5) is 0 Å². The zero-order valence-corrected chi connectivity index (χ0v) is 6.25. The fourth-order valence-corrected chi connectivity index (χ4v) is 0.145. The van der Waals surface area contributed by atoms with Gasteiger partial charge in [-0.3, -0.25) is 0 Å². The van der Waals surface area contributed by atoms with Gasteiger partial charge in [0.25, 0.3) is 0 Å². The Morgan fingerprint density at radius 3 is 2.23 bits per heavy atom. The predicted molar refractivity (Wildman–Crippen MR) is 26.1 cm³/mol. The Kier molecular flexibility index (Phi) is 11.1. The number of hydrogen-bond acceptors (Lipinski definition) is 12. The molecule has 0 aliphatic heterocycles. The maximum Gasteiger partial charge on any atom is 0.0127 e. The first-order valence-electron chi connectivity index (χ1n) is 2.51. The van der Waals surface area contributed by atoms with E-state index in [2.05, 4.69) is 56.5 Å². The molecule has 12 heteroatoms. The molecule has 12 nitrogen and oxygen atoms in total. The Labute approximate surface area is 70.5 Å². The molecule has 0 heterocycles. The van der Waals surface area contributed by atoms with Crippen molar-refractivity contribution in [1.82, 2.24) is 11.1 Å². The van der Waals surface area contributed by atoms with Crippen LogP contribution in [0.15, 0.2) is 0 Å². The standard InChI is InChI=1S/CH7N3O9/c1-3-6-10-7-4-8-11-13-12-9-5-2/h3-4H,2H2,1H3. The van der Waals surface area contributed by atoms with Gasteiger partial charge in [0.1, 0.15) is 0 Å². The van der Waals surface area contributed by atoms with Crippen molar-refractivity contribution in [3.63, 3.8) is 0 Å². The van der Waals surface area contributed by atoms with Crippen LogP contribution in [-0.2, 0) is 45.1 Å². The summed E-state index contributed by atoms with van der Waals surface area (Å²) in [6.07, 6.45) is 0. The summed E-state index contributed by atoms with van der Waals surface area (Å²) in [5.41, 5.74) is 3.65. The molecule has 0 spiro atoms. The van der Waals surface area contributed by atoms with E-state index in [4.69, 9.17) is 0 Å². The van der Waals surface area contributed by atoms with Gasteiger partial charge in [-0.05, 0) is 30.8 Å². The molecule has 0 saturated carbocycles. The van der Waals surface area contributed by atoms with Crippen molar-refractivity contribution in [2.75, 3.05) is 7.05 Å². The lowest BCUT2D eigenvalue weighted by Gasteiger charge is -2.00. The van der Waals surface area contributed by atoms with E-state index >= 15 is 0 Å². The van der Waals surface area contributed by atoms with Crippen LogP contribution >= 0.6 is 0 Å². The Morgan fingerprint density at radius 1 is 0.846 bits per heavy atom. The van der Waals surface area contributed by atoms with Crippen molar-refractivity contribution in [2.45, 2.75) is 0 Å². The monoisotopic (exact) mass is 205 g/mol. The third-order valence-electron chi connectivity index (χ3n) is 0.376. The Hall–Kier alpha value is -0.480. The highest BCUT2D eigenvalue weighted by atomic mass is 17.8. The van der Waals surface area contributed by atoms with Gasteiger partial charge in [-0.1, -0.05) is 9.98 Å². The van der Waals surface area contributed by atoms with Crippen LogP contribution in [0.25, 0.3) is 0 Å². The molecule has 4 N–H and O–H groups in total. The van der Waals surface area contributed by atoms with Gasteiger partial charge in [-0.15, -0.1) is 9.98 Å². The van der Waals surface area contributed by atoms with E-state index in [9.17, 15) is 0 Å². The zero-order chi connectivity index (χ0) is 9.78. The predicted octanol–water partition coefficient (Wildman–Crippen LogP) is -2.03. The van der Waals surface area contributed by atoms with Crippen LogP contribution in [0.1, 0.15) is 0 Å². The second kappa shape index (κ2) is 11.5. The minimum absolute atomic E-state index is 1.42. The lowest BCUT2D eigenvalue weighted by molar-refractivity contribution is -0.775. The quantitative estimate of drug-likeness (QED) is 0.206. The van der Waals surface area contributed by atoms with E-state index < -0.39 is 0 Å². The first kappa shape index (κ1) is 12.5. The van der Waals surface area contributed by atoms with Crippen LogP contribution in [0, 0.1) is 0 Å². The number of nitrogens with one attached hydrogen (secondary N) is 2. The van der Waals surface area contributed by atoms with Gasteiger partial charge in [0.15, 0.2) is 0 Å². The van der Waals surface area contributed by atoms with E-state index in [0.717, 1.165) is 0 Å². The second-order valence-corrected chi connectivity index (χ2v) is 0.974. The zero-order valence-electron chi connectivity index (χ0n) is 6.25. The molecule has 0 aromatic heterocycles. The average Bonchev–Trinajstić information content (AvgIpc) is 2.16. The minimum atomic E-state index is 1.42. The van der Waals surface area contributed by atoms with Gasteiger partial charge in [-0.25, -0.2) is 0 Å². The highest BCUT2D eigenvalue weighted by Crippen LogP contribution is 1.82. The molecule has 0 aliphatic carbocycles. The summed E-state index contributed by atoms with van der Waals surface area (Å²) in [5.74, 6) is 4.32. The largest absolute Gasteiger partial charge is 0.180 e. The normalized spacial score (nSPS) is 10.6. The first-order chi connectivity index (χ1) is 6.41. The minimum Gasteiger partial charge on any atom is -0.180 e. The summed E-state index contributed by atoms with van der Waals surface area (Å²) in [4.78, 5) is 15.1. The van der Waals surface area contributed by atoms with Gasteiger partial charge < -0.3 is 0 Å². The van der Waals surface area contributed by atoms with Crippen LogP contribution in [-0.4, -0.2) is 7.05 Å². The number of rotatable bonds is 10. The molecule has 0 fully saturated rings. The molecule has 13 heavy (non-hydrogen) atoms. The van der Waals surface area contributed by atoms with E-state index in [-0.39, 0.29) is 0 Å². The van der Waals surface area contributed by atoms with Gasteiger partial charge in [-0.2, -0.15) is 11.4 Å². The van der Waals surface area contributed by atoms with Crippen LogP contribution in [0.3, 0.4) is 0 Å². The van der Waals surface area contributed by atoms with Gasteiger partial charge in [0.05, 0.1) is 0 Å². The molecule has 0 aromatic carbocycles. The van der Waals surface area contributed by atoms with E-state index in [1.165, 1.54) is 7.05 Å². The Bertz CT molecular complexity index is 80.9. The molecule has 0 rings (SSSR count).